The molecule has 1 saturated heterocycles. The minimum absolute atomic E-state index is 0.370. The van der Waals surface area contributed by atoms with Crippen molar-refractivity contribution in [3.8, 4) is 11.3 Å². The third-order valence-corrected chi connectivity index (χ3v) is 5.81. The molecule has 1 aromatic carbocycles. The van der Waals surface area contributed by atoms with Crippen molar-refractivity contribution in [2.75, 3.05) is 23.3 Å². The van der Waals surface area contributed by atoms with Gasteiger partial charge in [0.05, 0.1) is 11.9 Å². The maximum Gasteiger partial charge on any atom is 0.214 e. The normalized spacial score (nSPS) is 16.9. The number of nitrogens with zero attached hydrogens (tertiary/aromatic N) is 5. The molecule has 0 amide bonds. The molecule has 1 fully saturated rings. The van der Waals surface area contributed by atoms with E-state index in [1.54, 1.807) is 17.5 Å². The van der Waals surface area contributed by atoms with Crippen LogP contribution in [-0.4, -0.2) is 38.7 Å². The molecule has 0 bridgehead atoms. The monoisotopic (exact) mass is 396 g/mol. The number of anilines is 2. The van der Waals surface area contributed by atoms with Gasteiger partial charge >= 0.3 is 0 Å². The Hall–Kier alpha value is -2.64. The summed E-state index contributed by atoms with van der Waals surface area (Å²) in [6, 6.07) is 12.3. The van der Waals surface area contributed by atoms with Crippen LogP contribution in [-0.2, 0) is 0 Å². The number of pyridine rings is 1. The van der Waals surface area contributed by atoms with Crippen LogP contribution >= 0.6 is 22.9 Å². The number of hydrogen-bond donors (Lipinski definition) is 1. The Morgan fingerprint density at radius 2 is 2.07 bits per heavy atom. The zero-order valence-electron chi connectivity index (χ0n) is 14.4. The highest BCUT2D eigenvalue weighted by atomic mass is 35.5. The number of fused-ring (bicyclic) bond motifs is 1. The third-order valence-electron chi connectivity index (χ3n) is 4.71. The Morgan fingerprint density at radius 3 is 2.85 bits per heavy atom. The number of imidazole rings is 1. The topological polar surface area (TPSA) is 58.4 Å². The van der Waals surface area contributed by atoms with Crippen LogP contribution in [0.15, 0.2) is 55.0 Å². The average molecular weight is 397 g/mol. The van der Waals surface area contributed by atoms with Gasteiger partial charge in [0.1, 0.15) is 0 Å². The summed E-state index contributed by atoms with van der Waals surface area (Å²) in [4.78, 5) is 12.1. The zero-order chi connectivity index (χ0) is 18.2. The molecule has 4 aromatic rings. The largest absolute Gasteiger partial charge is 0.369 e. The van der Waals surface area contributed by atoms with Crippen molar-refractivity contribution in [1.29, 1.82) is 0 Å². The predicted octanol–water partition coefficient (Wildman–Crippen LogP) is 4.20. The van der Waals surface area contributed by atoms with Crippen LogP contribution in [0.1, 0.15) is 6.42 Å². The second-order valence-electron chi connectivity index (χ2n) is 6.55. The van der Waals surface area contributed by atoms with Crippen LogP contribution in [0.5, 0.6) is 0 Å². The fraction of sp³-hybridized carbons (Fsp3) is 0.211. The Balaban J connectivity index is 1.28. The molecule has 5 rings (SSSR count). The second-order valence-corrected chi connectivity index (χ2v) is 7.95. The number of nitrogens with one attached hydrogen (secondary N) is 1. The van der Waals surface area contributed by atoms with Gasteiger partial charge in [-0.25, -0.2) is 9.50 Å². The van der Waals surface area contributed by atoms with E-state index in [-0.39, 0.29) is 0 Å². The van der Waals surface area contributed by atoms with Gasteiger partial charge in [-0.05, 0) is 42.8 Å². The van der Waals surface area contributed by atoms with Crippen LogP contribution < -0.4 is 10.2 Å². The molecule has 1 aliphatic heterocycles. The van der Waals surface area contributed by atoms with Crippen molar-refractivity contribution in [3.63, 3.8) is 0 Å². The predicted molar refractivity (Wildman–Crippen MR) is 110 cm³/mol. The van der Waals surface area contributed by atoms with Gasteiger partial charge in [-0.1, -0.05) is 22.9 Å². The fourth-order valence-electron chi connectivity index (χ4n) is 3.35. The van der Waals surface area contributed by atoms with Crippen LogP contribution in [0.3, 0.4) is 0 Å². The molecule has 4 heterocycles. The Bertz CT molecular complexity index is 1030. The van der Waals surface area contributed by atoms with Gasteiger partial charge in [-0.15, -0.1) is 5.10 Å². The number of halogens is 1. The van der Waals surface area contributed by atoms with Crippen molar-refractivity contribution in [1.82, 2.24) is 19.6 Å². The lowest BCUT2D eigenvalue weighted by atomic mass is 10.2. The van der Waals surface area contributed by atoms with Crippen molar-refractivity contribution in [3.05, 3.63) is 60.0 Å². The van der Waals surface area contributed by atoms with Gasteiger partial charge in [0.15, 0.2) is 0 Å². The van der Waals surface area contributed by atoms with Gasteiger partial charge in [-0.2, -0.15) is 0 Å². The summed E-state index contributed by atoms with van der Waals surface area (Å²) in [6.07, 6.45) is 6.60. The highest BCUT2D eigenvalue weighted by Gasteiger charge is 2.23. The van der Waals surface area contributed by atoms with E-state index in [1.165, 1.54) is 5.69 Å². The zero-order valence-corrected chi connectivity index (χ0v) is 16.0. The molecule has 1 N–H and O–H groups in total. The summed E-state index contributed by atoms with van der Waals surface area (Å²) in [5, 5.41) is 9.86. The van der Waals surface area contributed by atoms with Crippen LogP contribution in [0.25, 0.3) is 16.2 Å². The van der Waals surface area contributed by atoms with E-state index in [0.717, 1.165) is 45.9 Å². The summed E-state index contributed by atoms with van der Waals surface area (Å²) in [6.45, 7) is 1.97. The number of hydrogen-bond acceptors (Lipinski definition) is 6. The van der Waals surface area contributed by atoms with E-state index in [0.29, 0.717) is 6.04 Å². The summed E-state index contributed by atoms with van der Waals surface area (Å²) in [5.74, 6) is 0. The molecule has 6 nitrogen and oxygen atoms in total. The third kappa shape index (κ3) is 3.36. The molecular formula is C19H17ClN6S. The summed E-state index contributed by atoms with van der Waals surface area (Å²) in [7, 11) is 0. The van der Waals surface area contributed by atoms with E-state index < -0.39 is 0 Å². The minimum atomic E-state index is 0.370. The van der Waals surface area contributed by atoms with Gasteiger partial charge in [-0.3, -0.25) is 4.98 Å². The maximum atomic E-state index is 5.98. The standard InChI is InChI=1S/C19H17ClN6S/c20-14-3-5-16(6-4-14)25-9-7-15(11-25)22-18-24-26-12-17(23-19(26)27-18)13-2-1-8-21-10-13/h1-6,8,10,12,15H,7,9,11H2,(H,22,24). The maximum absolute atomic E-state index is 5.98. The Kier molecular flexibility index (Phi) is 4.18. The first-order valence-electron chi connectivity index (χ1n) is 8.78. The highest BCUT2D eigenvalue weighted by Crippen LogP contribution is 2.27. The lowest BCUT2D eigenvalue weighted by molar-refractivity contribution is 0.797. The van der Waals surface area contributed by atoms with Crippen molar-refractivity contribution in [2.45, 2.75) is 12.5 Å². The lowest BCUT2D eigenvalue weighted by Crippen LogP contribution is -2.25. The van der Waals surface area contributed by atoms with E-state index in [4.69, 9.17) is 11.6 Å². The summed E-state index contributed by atoms with van der Waals surface area (Å²) >= 11 is 7.55. The molecule has 1 unspecified atom stereocenters. The van der Waals surface area contributed by atoms with E-state index in [9.17, 15) is 0 Å². The van der Waals surface area contributed by atoms with E-state index >= 15 is 0 Å². The van der Waals surface area contributed by atoms with Gasteiger partial charge in [0.2, 0.25) is 10.1 Å². The smallest absolute Gasteiger partial charge is 0.214 e. The molecule has 3 aromatic heterocycles. The molecule has 0 spiro atoms. The summed E-state index contributed by atoms with van der Waals surface area (Å²) in [5.41, 5.74) is 3.10. The first-order valence-corrected chi connectivity index (χ1v) is 9.98. The van der Waals surface area contributed by atoms with Crippen molar-refractivity contribution >= 4 is 38.7 Å². The molecule has 0 aliphatic carbocycles. The molecule has 1 aliphatic rings. The molecule has 1 atom stereocenters. The van der Waals surface area contributed by atoms with Gasteiger partial charge < -0.3 is 10.2 Å². The molecule has 0 radical (unpaired) electrons. The molecule has 8 heteroatoms. The van der Waals surface area contributed by atoms with Crippen molar-refractivity contribution in [2.24, 2.45) is 0 Å². The highest BCUT2D eigenvalue weighted by molar-refractivity contribution is 7.20. The van der Waals surface area contributed by atoms with Crippen LogP contribution in [0, 0.1) is 0 Å². The first-order chi connectivity index (χ1) is 13.2. The SMILES string of the molecule is Clc1ccc(N2CCC(Nc3nn4cc(-c5cccnc5)nc4s3)C2)cc1. The first kappa shape index (κ1) is 16.5. The number of rotatable bonds is 4. The average Bonchev–Trinajstić information content (AvgIpc) is 3.38. The quantitative estimate of drug-likeness (QED) is 0.560. The second kappa shape index (κ2) is 6.83. The Labute approximate surface area is 165 Å². The van der Waals surface area contributed by atoms with E-state index in [1.807, 2.05) is 41.2 Å². The summed E-state index contributed by atoms with van der Waals surface area (Å²) < 4.78 is 1.83. The fourth-order valence-corrected chi connectivity index (χ4v) is 4.34. The number of aromatic nitrogens is 4. The Morgan fingerprint density at radius 1 is 1.19 bits per heavy atom. The number of benzene rings is 1. The van der Waals surface area contributed by atoms with Gasteiger partial charge in [0, 0.05) is 47.8 Å². The van der Waals surface area contributed by atoms with Crippen molar-refractivity contribution < 1.29 is 0 Å². The molecule has 0 saturated carbocycles. The molecule has 136 valence electrons. The van der Waals surface area contributed by atoms with Crippen LogP contribution in [0.4, 0.5) is 10.8 Å². The molecule has 27 heavy (non-hydrogen) atoms. The lowest BCUT2D eigenvalue weighted by Gasteiger charge is -2.18. The molecular weight excluding hydrogens is 380 g/mol. The van der Waals surface area contributed by atoms with E-state index in [2.05, 4.69) is 37.4 Å². The van der Waals surface area contributed by atoms with Gasteiger partial charge in [0.25, 0.3) is 0 Å². The van der Waals surface area contributed by atoms with Crippen LogP contribution in [0.2, 0.25) is 5.02 Å². The minimum Gasteiger partial charge on any atom is -0.369 e.